The maximum absolute atomic E-state index is 11.9. The van der Waals surface area contributed by atoms with Crippen molar-refractivity contribution in [2.24, 2.45) is 5.90 Å². The zero-order valence-corrected chi connectivity index (χ0v) is 13.4. The summed E-state index contributed by atoms with van der Waals surface area (Å²) < 4.78 is 9.93. The first-order chi connectivity index (χ1) is 11.0. The number of nitrogens with one attached hydrogen (secondary N) is 1. The van der Waals surface area contributed by atoms with Gasteiger partial charge < -0.3 is 19.2 Å². The second-order valence-corrected chi connectivity index (χ2v) is 4.74. The summed E-state index contributed by atoms with van der Waals surface area (Å²) in [5, 5.41) is 1.85. The van der Waals surface area contributed by atoms with E-state index in [1.807, 2.05) is 12.1 Å². The highest BCUT2D eigenvalue weighted by atomic mass is 16.8. The lowest BCUT2D eigenvalue weighted by Crippen LogP contribution is -2.40. The van der Waals surface area contributed by atoms with Crippen LogP contribution in [0.15, 0.2) is 24.3 Å². The van der Waals surface area contributed by atoms with Gasteiger partial charge in [0.2, 0.25) is 0 Å². The van der Waals surface area contributed by atoms with Crippen molar-refractivity contribution in [2.45, 2.75) is 6.61 Å². The number of benzene rings is 1. The van der Waals surface area contributed by atoms with Crippen molar-refractivity contribution in [3.63, 3.8) is 0 Å². The van der Waals surface area contributed by atoms with Gasteiger partial charge in [-0.05, 0) is 24.7 Å². The molecule has 23 heavy (non-hydrogen) atoms. The standard InChI is InChI=1S/C14H22N4O5/c1-16-18(3)9-8-17(2)13(19)22-12-6-4-11(5-7-12)10-21-14(20)23-15/h4-7,16H,8-10,15H2,1-3H3. The van der Waals surface area contributed by atoms with E-state index in [4.69, 9.17) is 4.74 Å². The van der Waals surface area contributed by atoms with Gasteiger partial charge in [0.1, 0.15) is 12.4 Å². The number of carbonyl (C=O) groups is 2. The fourth-order valence-electron chi connectivity index (χ4n) is 1.51. The molecule has 1 aromatic carbocycles. The highest BCUT2D eigenvalue weighted by Gasteiger charge is 2.12. The van der Waals surface area contributed by atoms with Gasteiger partial charge >= 0.3 is 12.2 Å². The zero-order chi connectivity index (χ0) is 17.2. The van der Waals surface area contributed by atoms with Gasteiger partial charge in [-0.25, -0.2) is 14.6 Å². The number of hydrogen-bond acceptors (Lipinski definition) is 8. The molecule has 1 amide bonds. The molecule has 0 unspecified atom stereocenters. The molecule has 1 rings (SSSR count). The van der Waals surface area contributed by atoms with Gasteiger partial charge in [-0.15, -0.1) is 0 Å². The first-order valence-corrected chi connectivity index (χ1v) is 6.90. The van der Waals surface area contributed by atoms with Crippen molar-refractivity contribution in [1.29, 1.82) is 0 Å². The van der Waals surface area contributed by atoms with Gasteiger partial charge in [0.15, 0.2) is 0 Å². The number of nitrogens with two attached hydrogens (primary N) is 1. The predicted octanol–water partition coefficient (Wildman–Crippen LogP) is 0.710. The topological polar surface area (TPSA) is 106 Å². The van der Waals surface area contributed by atoms with E-state index >= 15 is 0 Å². The van der Waals surface area contributed by atoms with Crippen LogP contribution in [0.25, 0.3) is 0 Å². The minimum Gasteiger partial charge on any atom is -0.428 e. The third-order valence-electron chi connectivity index (χ3n) is 3.05. The van der Waals surface area contributed by atoms with Gasteiger partial charge in [0.05, 0.1) is 0 Å². The van der Waals surface area contributed by atoms with E-state index in [0.717, 1.165) is 0 Å². The average molecular weight is 326 g/mol. The molecule has 0 atom stereocenters. The maximum Gasteiger partial charge on any atom is 0.527 e. The van der Waals surface area contributed by atoms with Crippen LogP contribution in [0.3, 0.4) is 0 Å². The number of nitrogens with zero attached hydrogens (tertiary/aromatic N) is 2. The highest BCUT2D eigenvalue weighted by Crippen LogP contribution is 2.14. The first-order valence-electron chi connectivity index (χ1n) is 6.90. The minimum atomic E-state index is -0.964. The Morgan fingerprint density at radius 2 is 1.83 bits per heavy atom. The van der Waals surface area contributed by atoms with Crippen LogP contribution in [-0.2, 0) is 16.2 Å². The summed E-state index contributed by atoms with van der Waals surface area (Å²) in [4.78, 5) is 28.0. The molecule has 1 aromatic rings. The van der Waals surface area contributed by atoms with Crippen LogP contribution < -0.4 is 16.1 Å². The smallest absolute Gasteiger partial charge is 0.428 e. The third kappa shape index (κ3) is 6.96. The molecule has 0 spiro atoms. The fourth-order valence-corrected chi connectivity index (χ4v) is 1.51. The average Bonchev–Trinajstić information content (AvgIpc) is 2.58. The first kappa shape index (κ1) is 18.7. The number of rotatable bonds is 7. The van der Waals surface area contributed by atoms with Gasteiger partial charge in [-0.3, -0.25) is 5.43 Å². The molecule has 0 heterocycles. The number of likely N-dealkylation sites (N-methyl/N-ethyl adjacent to an activating group) is 2. The van der Waals surface area contributed by atoms with E-state index in [0.29, 0.717) is 24.4 Å². The van der Waals surface area contributed by atoms with Gasteiger partial charge in [-0.2, -0.15) is 5.90 Å². The maximum atomic E-state index is 11.9. The Hall–Kier alpha value is -2.36. The predicted molar refractivity (Wildman–Crippen MR) is 82.2 cm³/mol. The molecule has 128 valence electrons. The Balaban J connectivity index is 2.44. The van der Waals surface area contributed by atoms with Crippen molar-refractivity contribution in [3.8, 4) is 5.75 Å². The Labute approximate surface area is 134 Å². The Morgan fingerprint density at radius 1 is 1.17 bits per heavy atom. The van der Waals surface area contributed by atoms with E-state index in [1.54, 1.807) is 38.4 Å². The lowest BCUT2D eigenvalue weighted by atomic mass is 10.2. The van der Waals surface area contributed by atoms with Crippen molar-refractivity contribution < 1.29 is 23.9 Å². The number of ether oxygens (including phenoxy) is 2. The molecule has 9 heteroatoms. The molecule has 0 saturated carbocycles. The molecular formula is C14H22N4O5. The Kier molecular flexibility index (Phi) is 7.81. The number of amides is 1. The van der Waals surface area contributed by atoms with Crippen molar-refractivity contribution in [1.82, 2.24) is 15.3 Å². The second kappa shape index (κ2) is 9.62. The third-order valence-corrected chi connectivity index (χ3v) is 3.05. The lowest BCUT2D eigenvalue weighted by Gasteiger charge is -2.21. The Morgan fingerprint density at radius 3 is 2.39 bits per heavy atom. The van der Waals surface area contributed by atoms with E-state index in [1.165, 1.54) is 4.90 Å². The lowest BCUT2D eigenvalue weighted by molar-refractivity contribution is 0.0497. The van der Waals surface area contributed by atoms with E-state index in [9.17, 15) is 9.59 Å². The number of hydrogen-bond donors (Lipinski definition) is 2. The van der Waals surface area contributed by atoms with Crippen LogP contribution in [0.2, 0.25) is 0 Å². The summed E-state index contributed by atoms with van der Waals surface area (Å²) in [5.41, 5.74) is 3.65. The summed E-state index contributed by atoms with van der Waals surface area (Å²) >= 11 is 0. The van der Waals surface area contributed by atoms with Gasteiger partial charge in [0, 0.05) is 27.2 Å². The van der Waals surface area contributed by atoms with Crippen molar-refractivity contribution >= 4 is 12.2 Å². The minimum absolute atomic E-state index is 0.0144. The normalized spacial score (nSPS) is 10.3. The monoisotopic (exact) mass is 326 g/mol. The van der Waals surface area contributed by atoms with Crippen molar-refractivity contribution in [2.75, 3.05) is 34.2 Å². The quantitative estimate of drug-likeness (QED) is 0.557. The Bertz CT molecular complexity index is 508. The largest absolute Gasteiger partial charge is 0.527 e. The summed E-state index contributed by atoms with van der Waals surface area (Å²) in [5.74, 6) is 5.05. The number of hydrazine groups is 1. The van der Waals surface area contributed by atoms with E-state index < -0.39 is 12.2 Å². The van der Waals surface area contributed by atoms with Crippen LogP contribution in [-0.4, -0.2) is 56.4 Å². The fraction of sp³-hybridized carbons (Fsp3) is 0.429. The summed E-state index contributed by atoms with van der Waals surface area (Å²) in [6.07, 6.45) is -1.42. The molecule has 0 saturated heterocycles. The van der Waals surface area contributed by atoms with Crippen LogP contribution in [0, 0.1) is 0 Å². The highest BCUT2D eigenvalue weighted by molar-refractivity contribution is 5.70. The SMILES string of the molecule is CNN(C)CCN(C)C(=O)Oc1ccc(COC(=O)ON)cc1. The molecule has 0 aliphatic rings. The van der Waals surface area contributed by atoms with Crippen LogP contribution in [0.5, 0.6) is 5.75 Å². The second-order valence-electron chi connectivity index (χ2n) is 4.74. The molecule has 3 N–H and O–H groups in total. The summed E-state index contributed by atoms with van der Waals surface area (Å²) in [6.45, 7) is 1.19. The number of carbonyl (C=O) groups excluding carboxylic acids is 2. The molecule has 0 aromatic heterocycles. The molecule has 0 fully saturated rings. The zero-order valence-electron chi connectivity index (χ0n) is 13.4. The molecular weight excluding hydrogens is 304 g/mol. The van der Waals surface area contributed by atoms with Gasteiger partial charge in [-0.1, -0.05) is 12.1 Å². The molecule has 9 nitrogen and oxygen atoms in total. The van der Waals surface area contributed by atoms with E-state index in [-0.39, 0.29) is 6.61 Å². The molecule has 0 aliphatic heterocycles. The summed E-state index contributed by atoms with van der Waals surface area (Å²) in [7, 11) is 5.34. The summed E-state index contributed by atoms with van der Waals surface area (Å²) in [6, 6.07) is 6.55. The molecule has 0 radical (unpaired) electrons. The van der Waals surface area contributed by atoms with Crippen LogP contribution in [0.1, 0.15) is 5.56 Å². The molecule has 0 aliphatic carbocycles. The van der Waals surface area contributed by atoms with E-state index in [2.05, 4.69) is 20.9 Å². The van der Waals surface area contributed by atoms with Crippen molar-refractivity contribution in [3.05, 3.63) is 29.8 Å². The van der Waals surface area contributed by atoms with Crippen LogP contribution in [0.4, 0.5) is 9.59 Å². The molecule has 0 bridgehead atoms. The van der Waals surface area contributed by atoms with Crippen LogP contribution >= 0.6 is 0 Å². The van der Waals surface area contributed by atoms with Gasteiger partial charge in [0.25, 0.3) is 0 Å².